The van der Waals surface area contributed by atoms with Crippen molar-refractivity contribution in [1.82, 2.24) is 4.90 Å². The topological polar surface area (TPSA) is 38.5 Å². The molecule has 0 radical (unpaired) electrons. The van der Waals surface area contributed by atoms with Crippen LogP contribution in [0.1, 0.15) is 40.0 Å². The number of hydrogen-bond acceptors (Lipinski definition) is 3. The number of nitrogens with two attached hydrogens (primary N) is 1. The van der Waals surface area contributed by atoms with Gasteiger partial charge in [-0.1, -0.05) is 13.8 Å². The van der Waals surface area contributed by atoms with Crippen LogP contribution in [-0.2, 0) is 4.74 Å². The molecular formula is C13H30N2O. The van der Waals surface area contributed by atoms with Gasteiger partial charge in [0.2, 0.25) is 0 Å². The Balaban J connectivity index is 4.09. The van der Waals surface area contributed by atoms with E-state index in [0.29, 0.717) is 0 Å². The van der Waals surface area contributed by atoms with E-state index in [1.165, 1.54) is 12.8 Å². The van der Waals surface area contributed by atoms with Gasteiger partial charge in [-0.25, -0.2) is 0 Å². The molecule has 0 aromatic heterocycles. The summed E-state index contributed by atoms with van der Waals surface area (Å²) in [4.78, 5) is 2.38. The monoisotopic (exact) mass is 230 g/mol. The summed E-state index contributed by atoms with van der Waals surface area (Å²) in [6.45, 7) is 9.41. The molecule has 0 aliphatic carbocycles. The first-order chi connectivity index (χ1) is 7.46. The number of methoxy groups -OCH3 is 1. The fourth-order valence-electron chi connectivity index (χ4n) is 1.76. The minimum Gasteiger partial charge on any atom is -0.385 e. The van der Waals surface area contributed by atoms with Gasteiger partial charge in [0, 0.05) is 32.3 Å². The molecule has 0 bridgehead atoms. The van der Waals surface area contributed by atoms with Crippen molar-refractivity contribution in [1.29, 1.82) is 0 Å². The molecule has 3 heteroatoms. The Bertz CT molecular complexity index is 173. The third-order valence-corrected chi connectivity index (χ3v) is 3.46. The number of nitrogens with zero attached hydrogens (tertiary/aromatic N) is 1. The molecule has 0 amide bonds. The van der Waals surface area contributed by atoms with Crippen molar-refractivity contribution in [3.8, 4) is 0 Å². The van der Waals surface area contributed by atoms with Crippen molar-refractivity contribution in [3.05, 3.63) is 0 Å². The van der Waals surface area contributed by atoms with Gasteiger partial charge < -0.3 is 10.5 Å². The highest BCUT2D eigenvalue weighted by atomic mass is 16.5. The van der Waals surface area contributed by atoms with E-state index in [1.54, 1.807) is 7.11 Å². The van der Waals surface area contributed by atoms with E-state index < -0.39 is 0 Å². The smallest absolute Gasteiger partial charge is 0.0474 e. The zero-order chi connectivity index (χ0) is 12.6. The zero-order valence-corrected chi connectivity index (χ0v) is 11.8. The SMILES string of the molecule is COCCCN(C)C(C)(CN)CCC(C)C. The van der Waals surface area contributed by atoms with Gasteiger partial charge in [0.1, 0.15) is 0 Å². The summed E-state index contributed by atoms with van der Waals surface area (Å²) in [5, 5.41) is 0. The average Bonchev–Trinajstić information content (AvgIpc) is 2.26. The van der Waals surface area contributed by atoms with Gasteiger partial charge in [0.15, 0.2) is 0 Å². The van der Waals surface area contributed by atoms with Crippen LogP contribution in [-0.4, -0.2) is 44.3 Å². The van der Waals surface area contributed by atoms with Gasteiger partial charge in [-0.05, 0) is 39.2 Å². The van der Waals surface area contributed by atoms with Crippen molar-refractivity contribution in [2.24, 2.45) is 11.7 Å². The summed E-state index contributed by atoms with van der Waals surface area (Å²) in [6, 6.07) is 0. The lowest BCUT2D eigenvalue weighted by atomic mass is 9.90. The lowest BCUT2D eigenvalue weighted by molar-refractivity contribution is 0.108. The van der Waals surface area contributed by atoms with E-state index in [-0.39, 0.29) is 5.54 Å². The van der Waals surface area contributed by atoms with Crippen molar-refractivity contribution in [2.45, 2.75) is 45.6 Å². The van der Waals surface area contributed by atoms with Gasteiger partial charge in [-0.3, -0.25) is 4.90 Å². The van der Waals surface area contributed by atoms with Gasteiger partial charge in [-0.2, -0.15) is 0 Å². The van der Waals surface area contributed by atoms with Crippen LogP contribution in [0.2, 0.25) is 0 Å². The Hall–Kier alpha value is -0.120. The van der Waals surface area contributed by atoms with Crippen LogP contribution in [0.15, 0.2) is 0 Å². The van der Waals surface area contributed by atoms with Crippen LogP contribution in [0.3, 0.4) is 0 Å². The number of ether oxygens (including phenoxy) is 1. The largest absolute Gasteiger partial charge is 0.385 e. The van der Waals surface area contributed by atoms with Gasteiger partial charge >= 0.3 is 0 Å². The van der Waals surface area contributed by atoms with E-state index in [4.69, 9.17) is 10.5 Å². The van der Waals surface area contributed by atoms with Gasteiger partial charge in [-0.15, -0.1) is 0 Å². The highest BCUT2D eigenvalue weighted by Crippen LogP contribution is 2.21. The molecule has 0 aromatic rings. The number of hydrogen-bond donors (Lipinski definition) is 1. The molecule has 0 heterocycles. The van der Waals surface area contributed by atoms with Crippen LogP contribution in [0.25, 0.3) is 0 Å². The fraction of sp³-hybridized carbons (Fsp3) is 1.00. The first-order valence-corrected chi connectivity index (χ1v) is 6.36. The molecule has 2 N–H and O–H groups in total. The molecule has 0 saturated heterocycles. The molecule has 0 fully saturated rings. The van der Waals surface area contributed by atoms with E-state index in [9.17, 15) is 0 Å². The third kappa shape index (κ3) is 5.83. The maximum absolute atomic E-state index is 5.93. The zero-order valence-electron chi connectivity index (χ0n) is 11.8. The van der Waals surface area contributed by atoms with Crippen LogP contribution >= 0.6 is 0 Å². The van der Waals surface area contributed by atoms with E-state index in [1.807, 2.05) is 0 Å². The van der Waals surface area contributed by atoms with Crippen molar-refractivity contribution in [3.63, 3.8) is 0 Å². The fourth-order valence-corrected chi connectivity index (χ4v) is 1.76. The summed E-state index contributed by atoms with van der Waals surface area (Å²) in [7, 11) is 3.92. The van der Waals surface area contributed by atoms with E-state index in [0.717, 1.165) is 32.0 Å². The molecule has 0 saturated carbocycles. The predicted molar refractivity (Wildman–Crippen MR) is 70.7 cm³/mol. The summed E-state index contributed by atoms with van der Waals surface area (Å²) in [5.74, 6) is 0.748. The van der Waals surface area contributed by atoms with Crippen molar-refractivity contribution < 1.29 is 4.74 Å². The van der Waals surface area contributed by atoms with Crippen LogP contribution in [0, 0.1) is 5.92 Å². The Labute approximate surface area is 101 Å². The lowest BCUT2D eigenvalue weighted by Crippen LogP contribution is -2.50. The molecule has 3 nitrogen and oxygen atoms in total. The maximum atomic E-state index is 5.93. The third-order valence-electron chi connectivity index (χ3n) is 3.46. The Morgan fingerprint density at radius 2 is 2.00 bits per heavy atom. The second-order valence-electron chi connectivity index (χ2n) is 5.40. The first-order valence-electron chi connectivity index (χ1n) is 6.36. The molecule has 1 unspecified atom stereocenters. The Morgan fingerprint density at radius 3 is 2.44 bits per heavy atom. The molecule has 0 aliphatic heterocycles. The minimum absolute atomic E-state index is 0.137. The summed E-state index contributed by atoms with van der Waals surface area (Å²) in [5.41, 5.74) is 6.06. The average molecular weight is 230 g/mol. The van der Waals surface area contributed by atoms with Crippen LogP contribution in [0.4, 0.5) is 0 Å². The number of likely N-dealkylation sites (N-methyl/N-ethyl adjacent to an activating group) is 1. The molecule has 0 aliphatic rings. The molecule has 0 aromatic carbocycles. The Kier molecular flexibility index (Phi) is 7.98. The summed E-state index contributed by atoms with van der Waals surface area (Å²) in [6.07, 6.45) is 3.48. The molecule has 98 valence electrons. The quantitative estimate of drug-likeness (QED) is 0.617. The summed E-state index contributed by atoms with van der Waals surface area (Å²) < 4.78 is 5.08. The molecule has 16 heavy (non-hydrogen) atoms. The summed E-state index contributed by atoms with van der Waals surface area (Å²) >= 11 is 0. The normalized spacial score (nSPS) is 15.8. The molecular weight excluding hydrogens is 200 g/mol. The van der Waals surface area contributed by atoms with Crippen LogP contribution in [0.5, 0.6) is 0 Å². The second-order valence-corrected chi connectivity index (χ2v) is 5.40. The van der Waals surface area contributed by atoms with Crippen LogP contribution < -0.4 is 5.73 Å². The number of rotatable bonds is 9. The molecule has 0 rings (SSSR count). The second kappa shape index (κ2) is 8.04. The Morgan fingerprint density at radius 1 is 1.38 bits per heavy atom. The molecule has 1 atom stereocenters. The van der Waals surface area contributed by atoms with Gasteiger partial charge in [0.25, 0.3) is 0 Å². The predicted octanol–water partition coefficient (Wildman–Crippen LogP) is 2.11. The molecule has 0 spiro atoms. The van der Waals surface area contributed by atoms with Crippen molar-refractivity contribution >= 4 is 0 Å². The first kappa shape index (κ1) is 15.9. The highest BCUT2D eigenvalue weighted by Gasteiger charge is 2.27. The lowest BCUT2D eigenvalue weighted by Gasteiger charge is -2.38. The van der Waals surface area contributed by atoms with E-state index >= 15 is 0 Å². The van der Waals surface area contributed by atoms with Crippen molar-refractivity contribution in [2.75, 3.05) is 33.9 Å². The van der Waals surface area contributed by atoms with E-state index in [2.05, 4.69) is 32.7 Å². The standard InChI is InChI=1S/C13H30N2O/c1-12(2)7-8-13(3,11-14)15(4)9-6-10-16-5/h12H,6-11,14H2,1-5H3. The minimum atomic E-state index is 0.137. The maximum Gasteiger partial charge on any atom is 0.0474 e. The van der Waals surface area contributed by atoms with Gasteiger partial charge in [0.05, 0.1) is 0 Å². The highest BCUT2D eigenvalue weighted by molar-refractivity contribution is 4.85.